The number of fused-ring (bicyclic) bond motifs is 1. The summed E-state index contributed by atoms with van der Waals surface area (Å²) in [6.07, 6.45) is 0. The molecule has 0 unspecified atom stereocenters. The van der Waals surface area contributed by atoms with E-state index in [1.807, 2.05) is 6.92 Å². The van der Waals surface area contributed by atoms with Gasteiger partial charge in [-0.25, -0.2) is 0 Å². The highest BCUT2D eigenvalue weighted by Crippen LogP contribution is 2.28. The fraction of sp³-hybridized carbons (Fsp3) is 0.300. The van der Waals surface area contributed by atoms with E-state index in [2.05, 4.69) is 5.32 Å². The zero-order chi connectivity index (χ0) is 19.4. The summed E-state index contributed by atoms with van der Waals surface area (Å²) in [6.45, 7) is 3.50. The van der Waals surface area contributed by atoms with Gasteiger partial charge in [0.1, 0.15) is 23.9 Å². The molecule has 7 nitrogen and oxygen atoms in total. The third-order valence-corrected chi connectivity index (χ3v) is 4.41. The van der Waals surface area contributed by atoms with E-state index < -0.39 is 0 Å². The van der Waals surface area contributed by atoms with Crippen LogP contribution in [0.15, 0.2) is 36.4 Å². The maximum absolute atomic E-state index is 12.7. The number of carbonyl (C=O) groups is 2. The number of anilines is 1. The quantitative estimate of drug-likeness (QED) is 0.876. The minimum absolute atomic E-state index is 0.108. The second-order valence-electron chi connectivity index (χ2n) is 5.96. The molecule has 0 aliphatic carbocycles. The zero-order valence-electron chi connectivity index (χ0n) is 15.6. The smallest absolute Gasteiger partial charge is 0.259 e. The molecule has 7 heteroatoms. The Kier molecular flexibility index (Phi) is 5.49. The van der Waals surface area contributed by atoms with Crippen molar-refractivity contribution in [2.45, 2.75) is 6.92 Å². The number of rotatable bonds is 5. The van der Waals surface area contributed by atoms with Gasteiger partial charge in [0.15, 0.2) is 0 Å². The van der Waals surface area contributed by atoms with Crippen LogP contribution in [0.1, 0.15) is 27.6 Å². The van der Waals surface area contributed by atoms with E-state index >= 15 is 0 Å². The predicted molar refractivity (Wildman–Crippen MR) is 101 cm³/mol. The van der Waals surface area contributed by atoms with Gasteiger partial charge in [-0.05, 0) is 37.3 Å². The molecule has 2 amide bonds. The van der Waals surface area contributed by atoms with Crippen LogP contribution < -0.4 is 19.5 Å². The Morgan fingerprint density at radius 1 is 1.19 bits per heavy atom. The zero-order valence-corrected chi connectivity index (χ0v) is 15.6. The summed E-state index contributed by atoms with van der Waals surface area (Å²) in [5.41, 5.74) is 1.31. The first-order valence-electron chi connectivity index (χ1n) is 8.67. The number of benzene rings is 2. The number of nitrogens with zero attached hydrogens (tertiary/aromatic N) is 1. The normalized spacial score (nSPS) is 13.3. The van der Waals surface area contributed by atoms with Gasteiger partial charge >= 0.3 is 0 Å². The molecule has 27 heavy (non-hydrogen) atoms. The van der Waals surface area contributed by atoms with Crippen LogP contribution in [0.3, 0.4) is 0 Å². The van der Waals surface area contributed by atoms with Crippen LogP contribution in [0.5, 0.6) is 17.2 Å². The van der Waals surface area contributed by atoms with Crippen LogP contribution >= 0.6 is 0 Å². The first kappa shape index (κ1) is 18.6. The van der Waals surface area contributed by atoms with Crippen molar-refractivity contribution < 1.29 is 23.8 Å². The van der Waals surface area contributed by atoms with Crippen LogP contribution in [0.2, 0.25) is 0 Å². The Hall–Kier alpha value is -3.22. The molecule has 0 spiro atoms. The molecular formula is C20H22N2O5. The fourth-order valence-corrected chi connectivity index (χ4v) is 2.92. The molecule has 2 aromatic rings. The van der Waals surface area contributed by atoms with Crippen molar-refractivity contribution in [1.82, 2.24) is 4.90 Å². The van der Waals surface area contributed by atoms with Crippen LogP contribution in [-0.4, -0.2) is 50.6 Å². The number of amides is 2. The third-order valence-electron chi connectivity index (χ3n) is 4.41. The van der Waals surface area contributed by atoms with Crippen LogP contribution in [0.4, 0.5) is 5.69 Å². The molecule has 0 bridgehead atoms. The molecule has 0 fully saturated rings. The van der Waals surface area contributed by atoms with Crippen LogP contribution in [0, 0.1) is 0 Å². The fourth-order valence-electron chi connectivity index (χ4n) is 2.92. The van der Waals surface area contributed by atoms with Gasteiger partial charge in [-0.1, -0.05) is 0 Å². The van der Waals surface area contributed by atoms with Crippen molar-refractivity contribution >= 4 is 17.5 Å². The largest absolute Gasteiger partial charge is 0.497 e. The summed E-state index contributed by atoms with van der Waals surface area (Å²) in [6, 6.07) is 10.0. The maximum Gasteiger partial charge on any atom is 0.259 e. The van der Waals surface area contributed by atoms with Gasteiger partial charge in [-0.15, -0.1) is 0 Å². The molecule has 1 aliphatic heterocycles. The second kappa shape index (κ2) is 7.99. The minimum Gasteiger partial charge on any atom is -0.497 e. The van der Waals surface area contributed by atoms with Gasteiger partial charge < -0.3 is 24.4 Å². The Labute approximate surface area is 157 Å². The van der Waals surface area contributed by atoms with Crippen molar-refractivity contribution in [3.8, 4) is 17.2 Å². The summed E-state index contributed by atoms with van der Waals surface area (Å²) in [5.74, 6) is 1.07. The monoisotopic (exact) mass is 370 g/mol. The molecular weight excluding hydrogens is 348 g/mol. The van der Waals surface area contributed by atoms with Crippen LogP contribution in [0.25, 0.3) is 0 Å². The molecule has 2 aromatic carbocycles. The van der Waals surface area contributed by atoms with E-state index in [9.17, 15) is 9.59 Å². The second-order valence-corrected chi connectivity index (χ2v) is 5.96. The maximum atomic E-state index is 12.7. The molecule has 1 aliphatic rings. The third kappa shape index (κ3) is 3.81. The number of nitrogens with one attached hydrogen (secondary N) is 1. The summed E-state index contributed by atoms with van der Waals surface area (Å²) >= 11 is 0. The van der Waals surface area contributed by atoms with E-state index in [0.29, 0.717) is 53.8 Å². The van der Waals surface area contributed by atoms with E-state index in [-0.39, 0.29) is 11.8 Å². The lowest BCUT2D eigenvalue weighted by molar-refractivity contribution is 0.0764. The highest BCUT2D eigenvalue weighted by atomic mass is 16.5. The molecule has 0 atom stereocenters. The Balaban J connectivity index is 1.86. The lowest BCUT2D eigenvalue weighted by atomic mass is 10.1. The standard InChI is InChI=1S/C20H22N2O5/c1-4-22-9-10-27-17-8-5-13(11-16(17)20(22)24)21-19(23)15-7-6-14(25-2)12-18(15)26-3/h5-8,11-12H,4,9-10H2,1-3H3,(H,21,23). The first-order valence-corrected chi connectivity index (χ1v) is 8.67. The number of ether oxygens (including phenoxy) is 3. The lowest BCUT2D eigenvalue weighted by Gasteiger charge is -2.17. The van der Waals surface area contributed by atoms with Gasteiger partial charge in [0.05, 0.1) is 31.9 Å². The SMILES string of the molecule is CCN1CCOc2ccc(NC(=O)c3ccc(OC)cc3OC)cc2C1=O. The molecule has 1 N–H and O–H groups in total. The van der Waals surface area contributed by atoms with Crippen molar-refractivity contribution in [3.05, 3.63) is 47.5 Å². The van der Waals surface area contributed by atoms with Crippen molar-refractivity contribution in [2.75, 3.05) is 39.2 Å². The molecule has 0 saturated heterocycles. The number of carbonyl (C=O) groups excluding carboxylic acids is 2. The van der Waals surface area contributed by atoms with Crippen molar-refractivity contribution in [1.29, 1.82) is 0 Å². The summed E-state index contributed by atoms with van der Waals surface area (Å²) < 4.78 is 16.1. The van der Waals surface area contributed by atoms with E-state index in [4.69, 9.17) is 14.2 Å². The van der Waals surface area contributed by atoms with Crippen molar-refractivity contribution in [2.24, 2.45) is 0 Å². The summed E-state index contributed by atoms with van der Waals surface area (Å²) in [4.78, 5) is 27.0. The van der Waals surface area contributed by atoms with Gasteiger partial charge in [-0.3, -0.25) is 9.59 Å². The molecule has 3 rings (SSSR count). The van der Waals surface area contributed by atoms with Gasteiger partial charge in [0.25, 0.3) is 11.8 Å². The van der Waals surface area contributed by atoms with Gasteiger partial charge in [-0.2, -0.15) is 0 Å². The summed E-state index contributed by atoms with van der Waals surface area (Å²) in [7, 11) is 3.03. The molecule has 142 valence electrons. The predicted octanol–water partition coefficient (Wildman–Crippen LogP) is 2.81. The number of likely N-dealkylation sites (N-methyl/N-ethyl adjacent to an activating group) is 1. The highest BCUT2D eigenvalue weighted by molar-refractivity contribution is 6.07. The number of hydrogen-bond donors (Lipinski definition) is 1. The molecule has 0 radical (unpaired) electrons. The first-order chi connectivity index (χ1) is 13.1. The molecule has 0 aromatic heterocycles. The Bertz CT molecular complexity index is 865. The topological polar surface area (TPSA) is 77.1 Å². The Morgan fingerprint density at radius 3 is 2.70 bits per heavy atom. The number of hydrogen-bond acceptors (Lipinski definition) is 5. The molecule has 0 saturated carbocycles. The van der Waals surface area contributed by atoms with E-state index in [1.54, 1.807) is 48.4 Å². The van der Waals surface area contributed by atoms with Crippen LogP contribution in [-0.2, 0) is 0 Å². The minimum atomic E-state index is -0.344. The summed E-state index contributed by atoms with van der Waals surface area (Å²) in [5, 5.41) is 2.81. The average Bonchev–Trinajstić information content (AvgIpc) is 2.85. The van der Waals surface area contributed by atoms with Gasteiger partial charge in [0.2, 0.25) is 0 Å². The van der Waals surface area contributed by atoms with E-state index in [0.717, 1.165) is 0 Å². The van der Waals surface area contributed by atoms with Gasteiger partial charge in [0, 0.05) is 18.3 Å². The molecule has 1 heterocycles. The number of methoxy groups -OCH3 is 2. The Morgan fingerprint density at radius 2 is 2.00 bits per heavy atom. The lowest BCUT2D eigenvalue weighted by Crippen LogP contribution is -2.32. The average molecular weight is 370 g/mol. The van der Waals surface area contributed by atoms with E-state index in [1.165, 1.54) is 7.11 Å². The highest BCUT2D eigenvalue weighted by Gasteiger charge is 2.23. The van der Waals surface area contributed by atoms with Crippen molar-refractivity contribution in [3.63, 3.8) is 0 Å².